The van der Waals surface area contributed by atoms with E-state index in [0.717, 1.165) is 23.4 Å². The highest BCUT2D eigenvalue weighted by molar-refractivity contribution is 5.62. The van der Waals surface area contributed by atoms with Crippen LogP contribution in [-0.2, 0) is 12.7 Å². The summed E-state index contributed by atoms with van der Waals surface area (Å²) in [6, 6.07) is 11.3. The standard InChI is InChI=1S/C19H15F4N3/c1-12-2-4-13(5-3-12)9-25-17-7-6-16(26-18(17)19(21,22)23)14-8-15(20)11-24-10-14/h2-8,10-11,25H,9H2,1H3. The molecule has 134 valence electrons. The van der Waals surface area contributed by atoms with Crippen molar-refractivity contribution in [1.82, 2.24) is 9.97 Å². The average molecular weight is 361 g/mol. The van der Waals surface area contributed by atoms with E-state index in [4.69, 9.17) is 0 Å². The minimum Gasteiger partial charge on any atom is -0.379 e. The largest absolute Gasteiger partial charge is 0.435 e. The van der Waals surface area contributed by atoms with Gasteiger partial charge in [-0.2, -0.15) is 13.2 Å². The SMILES string of the molecule is Cc1ccc(CNc2ccc(-c3cncc(F)c3)nc2C(F)(F)F)cc1. The van der Waals surface area contributed by atoms with Gasteiger partial charge >= 0.3 is 6.18 Å². The summed E-state index contributed by atoms with van der Waals surface area (Å²) in [5.41, 5.74) is 0.921. The van der Waals surface area contributed by atoms with E-state index >= 15 is 0 Å². The van der Waals surface area contributed by atoms with Crippen molar-refractivity contribution < 1.29 is 17.6 Å². The lowest BCUT2D eigenvalue weighted by Crippen LogP contribution is -2.13. The number of nitrogens with one attached hydrogen (secondary N) is 1. The summed E-state index contributed by atoms with van der Waals surface area (Å²) in [5.74, 6) is -0.639. The number of hydrogen-bond donors (Lipinski definition) is 1. The third-order valence-corrected chi connectivity index (χ3v) is 3.77. The molecule has 2 heterocycles. The summed E-state index contributed by atoms with van der Waals surface area (Å²) in [6.45, 7) is 2.16. The van der Waals surface area contributed by atoms with Crippen LogP contribution < -0.4 is 5.32 Å². The summed E-state index contributed by atoms with van der Waals surface area (Å²) in [4.78, 5) is 7.33. The number of aromatic nitrogens is 2. The fraction of sp³-hybridized carbons (Fsp3) is 0.158. The molecule has 2 aromatic heterocycles. The van der Waals surface area contributed by atoms with Crippen LogP contribution in [0.25, 0.3) is 11.3 Å². The van der Waals surface area contributed by atoms with Gasteiger partial charge in [0.1, 0.15) is 5.82 Å². The second kappa shape index (κ2) is 7.11. The Morgan fingerprint density at radius 3 is 2.38 bits per heavy atom. The molecule has 0 atom stereocenters. The highest BCUT2D eigenvalue weighted by Gasteiger charge is 2.36. The molecule has 7 heteroatoms. The molecule has 3 aromatic rings. The van der Waals surface area contributed by atoms with Gasteiger partial charge in [-0.3, -0.25) is 4.98 Å². The molecule has 0 fully saturated rings. The van der Waals surface area contributed by atoms with Crippen LogP contribution in [0, 0.1) is 12.7 Å². The molecular weight excluding hydrogens is 346 g/mol. The lowest BCUT2D eigenvalue weighted by molar-refractivity contribution is -0.140. The first-order chi connectivity index (χ1) is 12.3. The minimum absolute atomic E-state index is 0.00482. The minimum atomic E-state index is -4.65. The summed E-state index contributed by atoms with van der Waals surface area (Å²) < 4.78 is 53.5. The van der Waals surface area contributed by atoms with Gasteiger partial charge in [-0.1, -0.05) is 29.8 Å². The number of nitrogens with zero attached hydrogens (tertiary/aromatic N) is 2. The first-order valence-electron chi connectivity index (χ1n) is 7.81. The molecule has 0 unspecified atom stereocenters. The van der Waals surface area contributed by atoms with Crippen LogP contribution in [0.3, 0.4) is 0 Å². The van der Waals surface area contributed by atoms with Crippen LogP contribution in [0.4, 0.5) is 23.2 Å². The van der Waals surface area contributed by atoms with Gasteiger partial charge in [0.05, 0.1) is 17.6 Å². The van der Waals surface area contributed by atoms with Gasteiger partial charge in [0.2, 0.25) is 0 Å². The van der Waals surface area contributed by atoms with Gasteiger partial charge in [-0.15, -0.1) is 0 Å². The first kappa shape index (κ1) is 17.8. The van der Waals surface area contributed by atoms with Crippen LogP contribution in [0.15, 0.2) is 54.9 Å². The molecule has 0 radical (unpaired) electrons. The summed E-state index contributed by atoms with van der Waals surface area (Å²) in [6.07, 6.45) is -2.40. The maximum atomic E-state index is 13.4. The first-order valence-corrected chi connectivity index (χ1v) is 7.81. The van der Waals surface area contributed by atoms with Crippen molar-refractivity contribution in [2.45, 2.75) is 19.6 Å². The predicted molar refractivity (Wildman–Crippen MR) is 90.9 cm³/mol. The number of alkyl halides is 3. The van der Waals surface area contributed by atoms with Gasteiger partial charge in [-0.05, 0) is 30.7 Å². The van der Waals surface area contributed by atoms with Gasteiger partial charge in [0.15, 0.2) is 5.69 Å². The number of pyridine rings is 2. The lowest BCUT2D eigenvalue weighted by atomic mass is 10.1. The third-order valence-electron chi connectivity index (χ3n) is 3.77. The van der Waals surface area contributed by atoms with E-state index in [-0.39, 0.29) is 23.5 Å². The molecule has 0 saturated carbocycles. The van der Waals surface area contributed by atoms with Crippen LogP contribution in [-0.4, -0.2) is 9.97 Å². The molecule has 0 aliphatic carbocycles. The maximum Gasteiger partial charge on any atom is 0.435 e. The highest BCUT2D eigenvalue weighted by Crippen LogP contribution is 2.35. The number of aryl methyl sites for hydroxylation is 1. The summed E-state index contributed by atoms with van der Waals surface area (Å²) >= 11 is 0. The predicted octanol–water partition coefficient (Wildman–Crippen LogP) is 5.22. The molecule has 0 saturated heterocycles. The monoisotopic (exact) mass is 361 g/mol. The Balaban J connectivity index is 1.91. The van der Waals surface area contributed by atoms with Crippen molar-refractivity contribution in [3.63, 3.8) is 0 Å². The van der Waals surface area contributed by atoms with E-state index in [1.807, 2.05) is 31.2 Å². The Bertz CT molecular complexity index is 905. The smallest absolute Gasteiger partial charge is 0.379 e. The zero-order chi connectivity index (χ0) is 18.7. The van der Waals surface area contributed by atoms with E-state index in [0.29, 0.717) is 0 Å². The van der Waals surface area contributed by atoms with Crippen molar-refractivity contribution in [1.29, 1.82) is 0 Å². The molecule has 3 rings (SSSR count). The molecule has 3 nitrogen and oxygen atoms in total. The molecule has 0 spiro atoms. The lowest BCUT2D eigenvalue weighted by Gasteiger charge is -2.15. The van der Waals surface area contributed by atoms with E-state index in [1.165, 1.54) is 18.3 Å². The van der Waals surface area contributed by atoms with Gasteiger partial charge in [0.25, 0.3) is 0 Å². The van der Waals surface area contributed by atoms with Gasteiger partial charge in [-0.25, -0.2) is 9.37 Å². The number of hydrogen-bond acceptors (Lipinski definition) is 3. The zero-order valence-corrected chi connectivity index (χ0v) is 13.8. The van der Waals surface area contributed by atoms with E-state index in [1.54, 1.807) is 0 Å². The van der Waals surface area contributed by atoms with Crippen LogP contribution in [0.5, 0.6) is 0 Å². The molecule has 0 aliphatic heterocycles. The van der Waals surface area contributed by atoms with Crippen molar-refractivity contribution in [3.05, 3.63) is 77.5 Å². The van der Waals surface area contributed by atoms with Crippen molar-refractivity contribution in [2.75, 3.05) is 5.32 Å². The van der Waals surface area contributed by atoms with Crippen LogP contribution in [0.1, 0.15) is 16.8 Å². The highest BCUT2D eigenvalue weighted by atomic mass is 19.4. The Morgan fingerprint density at radius 1 is 1.00 bits per heavy atom. The number of halogens is 4. The average Bonchev–Trinajstić information content (AvgIpc) is 2.60. The maximum absolute atomic E-state index is 13.4. The Kier molecular flexibility index (Phi) is 4.88. The van der Waals surface area contributed by atoms with E-state index in [9.17, 15) is 17.6 Å². The second-order valence-corrected chi connectivity index (χ2v) is 5.82. The topological polar surface area (TPSA) is 37.8 Å². The Morgan fingerprint density at radius 2 is 1.73 bits per heavy atom. The fourth-order valence-corrected chi connectivity index (χ4v) is 2.43. The van der Waals surface area contributed by atoms with Crippen LogP contribution >= 0.6 is 0 Å². The van der Waals surface area contributed by atoms with Gasteiger partial charge < -0.3 is 5.32 Å². The summed E-state index contributed by atoms with van der Waals surface area (Å²) in [5, 5.41) is 2.77. The zero-order valence-electron chi connectivity index (χ0n) is 13.8. The Hall–Kier alpha value is -2.96. The van der Waals surface area contributed by atoms with Crippen molar-refractivity contribution in [3.8, 4) is 11.3 Å². The molecular formula is C19H15F4N3. The molecule has 1 aromatic carbocycles. The number of rotatable bonds is 4. The molecule has 26 heavy (non-hydrogen) atoms. The van der Waals surface area contributed by atoms with E-state index in [2.05, 4.69) is 15.3 Å². The second-order valence-electron chi connectivity index (χ2n) is 5.82. The van der Waals surface area contributed by atoms with Gasteiger partial charge in [0, 0.05) is 18.3 Å². The molecule has 0 aliphatic rings. The Labute approximate surface area is 147 Å². The molecule has 0 bridgehead atoms. The van der Waals surface area contributed by atoms with Crippen molar-refractivity contribution >= 4 is 5.69 Å². The van der Waals surface area contributed by atoms with E-state index < -0.39 is 17.7 Å². The fourth-order valence-electron chi connectivity index (χ4n) is 2.43. The quantitative estimate of drug-likeness (QED) is 0.647. The molecule has 0 amide bonds. The van der Waals surface area contributed by atoms with Crippen molar-refractivity contribution in [2.24, 2.45) is 0 Å². The van der Waals surface area contributed by atoms with Crippen LogP contribution in [0.2, 0.25) is 0 Å². The molecule has 1 N–H and O–H groups in total. The third kappa shape index (κ3) is 4.17. The summed E-state index contributed by atoms with van der Waals surface area (Å²) in [7, 11) is 0. The number of anilines is 1. The normalized spacial score (nSPS) is 11.4. The number of benzene rings is 1.